The zero-order chi connectivity index (χ0) is 20.2. The molecule has 3 heterocycles. The molecule has 3 aromatic carbocycles. The standard InChI is InChI=1S/C22H13ClN4OS2/c23-13-8-9-17-16(10-13)19-20(24-17)30-22(26-25-19)27-18(28)11-29-21(27)15-7-3-5-12-4-1-2-6-14(12)15/h1-10,21H,11H2. The van der Waals surface area contributed by atoms with E-state index in [2.05, 4.69) is 39.4 Å². The van der Waals surface area contributed by atoms with Gasteiger partial charge in [-0.3, -0.25) is 9.69 Å². The maximum Gasteiger partial charge on any atom is 0.240 e. The second kappa shape index (κ2) is 6.91. The first-order chi connectivity index (χ1) is 14.7. The molecule has 146 valence electrons. The number of carbonyl (C=O) groups is 1. The highest BCUT2D eigenvalue weighted by atomic mass is 35.5. The lowest BCUT2D eigenvalue weighted by atomic mass is 10.0. The van der Waals surface area contributed by atoms with E-state index in [1.54, 1.807) is 16.7 Å². The van der Waals surface area contributed by atoms with Crippen molar-refractivity contribution in [3.63, 3.8) is 0 Å². The zero-order valence-electron chi connectivity index (χ0n) is 15.4. The molecule has 0 saturated carbocycles. The fourth-order valence-corrected chi connectivity index (χ4v) is 6.25. The number of amides is 1. The summed E-state index contributed by atoms with van der Waals surface area (Å²) in [6.07, 6.45) is 0. The summed E-state index contributed by atoms with van der Waals surface area (Å²) in [4.78, 5) is 19.3. The van der Waals surface area contributed by atoms with Crippen LogP contribution < -0.4 is 4.90 Å². The summed E-state index contributed by atoms with van der Waals surface area (Å²) in [7, 11) is 0. The van der Waals surface area contributed by atoms with Gasteiger partial charge in [-0.2, -0.15) is 0 Å². The lowest BCUT2D eigenvalue weighted by Gasteiger charge is -2.23. The first kappa shape index (κ1) is 18.1. The van der Waals surface area contributed by atoms with E-state index in [-0.39, 0.29) is 11.3 Å². The lowest BCUT2D eigenvalue weighted by Crippen LogP contribution is -2.28. The Hall–Kier alpha value is -2.74. The topological polar surface area (TPSA) is 59.0 Å². The van der Waals surface area contributed by atoms with Crippen LogP contribution >= 0.6 is 34.7 Å². The molecular formula is C22H13ClN4OS2. The average Bonchev–Trinajstić information content (AvgIpc) is 3.32. The van der Waals surface area contributed by atoms with Gasteiger partial charge in [0.2, 0.25) is 11.0 Å². The Balaban J connectivity index is 1.49. The summed E-state index contributed by atoms with van der Waals surface area (Å²) < 4.78 is 0. The summed E-state index contributed by atoms with van der Waals surface area (Å²) in [5.41, 5.74) is 2.64. The Labute approximate surface area is 185 Å². The number of benzene rings is 3. The maximum atomic E-state index is 12.9. The number of anilines is 1. The second-order valence-corrected chi connectivity index (χ2v) is 9.47. The van der Waals surface area contributed by atoms with E-state index in [0.29, 0.717) is 21.6 Å². The normalized spacial score (nSPS) is 16.9. The van der Waals surface area contributed by atoms with Gasteiger partial charge in [-0.15, -0.1) is 22.0 Å². The highest BCUT2D eigenvalue weighted by Gasteiger charge is 2.37. The third kappa shape index (κ3) is 2.77. The van der Waals surface area contributed by atoms with Gasteiger partial charge in [0.05, 0.1) is 11.3 Å². The highest BCUT2D eigenvalue weighted by Crippen LogP contribution is 2.46. The predicted molar refractivity (Wildman–Crippen MR) is 123 cm³/mol. The Morgan fingerprint density at radius 2 is 1.87 bits per heavy atom. The van der Waals surface area contributed by atoms with Crippen LogP contribution in [0.4, 0.5) is 5.13 Å². The van der Waals surface area contributed by atoms with E-state index in [9.17, 15) is 4.79 Å². The second-order valence-electron chi connectivity index (χ2n) is 7.01. The summed E-state index contributed by atoms with van der Waals surface area (Å²) in [5, 5.41) is 13.8. The largest absolute Gasteiger partial charge is 0.273 e. The molecule has 0 aromatic heterocycles. The van der Waals surface area contributed by atoms with Gasteiger partial charge in [0.15, 0.2) is 0 Å². The van der Waals surface area contributed by atoms with E-state index >= 15 is 0 Å². The van der Waals surface area contributed by atoms with Gasteiger partial charge in [-0.1, -0.05) is 65.4 Å². The minimum atomic E-state index is -0.148. The molecule has 30 heavy (non-hydrogen) atoms. The molecule has 1 saturated heterocycles. The van der Waals surface area contributed by atoms with Crippen LogP contribution in [-0.2, 0) is 4.79 Å². The highest BCUT2D eigenvalue weighted by molar-refractivity contribution is 8.00. The lowest BCUT2D eigenvalue weighted by molar-refractivity contribution is -0.115. The molecule has 3 aliphatic heterocycles. The molecule has 8 heteroatoms. The van der Waals surface area contributed by atoms with Gasteiger partial charge in [0.1, 0.15) is 16.1 Å². The summed E-state index contributed by atoms with van der Waals surface area (Å²) in [6, 6.07) is 20.0. The number of thioether (sulfide) groups is 1. The molecule has 3 aromatic rings. The number of rotatable bonds is 2. The molecule has 3 aliphatic rings. The third-order valence-corrected chi connectivity index (χ3v) is 7.59. The van der Waals surface area contributed by atoms with E-state index in [0.717, 1.165) is 32.2 Å². The third-order valence-electron chi connectivity index (χ3n) is 5.23. The monoisotopic (exact) mass is 448 g/mol. The van der Waals surface area contributed by atoms with Crippen molar-refractivity contribution >= 4 is 67.4 Å². The van der Waals surface area contributed by atoms with E-state index < -0.39 is 0 Å². The minimum Gasteiger partial charge on any atom is -0.273 e. The molecule has 6 rings (SSSR count). The van der Waals surface area contributed by atoms with Gasteiger partial charge < -0.3 is 0 Å². The molecule has 0 aliphatic carbocycles. The Kier molecular flexibility index (Phi) is 4.16. The minimum absolute atomic E-state index is 0.0296. The van der Waals surface area contributed by atoms with Gasteiger partial charge in [-0.05, 0) is 34.5 Å². The molecule has 1 fully saturated rings. The molecule has 1 unspecified atom stereocenters. The first-order valence-electron chi connectivity index (χ1n) is 9.33. The average molecular weight is 449 g/mol. The molecule has 5 nitrogen and oxygen atoms in total. The van der Waals surface area contributed by atoms with Crippen molar-refractivity contribution in [1.29, 1.82) is 0 Å². The van der Waals surface area contributed by atoms with E-state index in [1.807, 2.05) is 36.4 Å². The van der Waals surface area contributed by atoms with Crippen LogP contribution in [-0.4, -0.2) is 26.8 Å². The van der Waals surface area contributed by atoms with Crippen LogP contribution in [0.5, 0.6) is 0 Å². The zero-order valence-corrected chi connectivity index (χ0v) is 17.8. The quantitative estimate of drug-likeness (QED) is 0.342. The predicted octanol–water partition coefficient (Wildman–Crippen LogP) is 5.78. The van der Waals surface area contributed by atoms with Crippen LogP contribution in [0.2, 0.25) is 5.02 Å². The van der Waals surface area contributed by atoms with Crippen molar-refractivity contribution < 1.29 is 4.79 Å². The molecule has 0 spiro atoms. The number of fused-ring (bicyclic) bond motifs is 4. The Morgan fingerprint density at radius 3 is 2.80 bits per heavy atom. The van der Waals surface area contributed by atoms with E-state index in [1.165, 1.54) is 11.3 Å². The van der Waals surface area contributed by atoms with Crippen LogP contribution in [0, 0.1) is 0 Å². The van der Waals surface area contributed by atoms with Crippen molar-refractivity contribution in [3.05, 3.63) is 71.2 Å². The van der Waals surface area contributed by atoms with Gasteiger partial charge in [0, 0.05) is 10.4 Å². The number of hydrogen-bond donors (Lipinski definition) is 0. The number of hydrogen-bond acceptors (Lipinski definition) is 6. The number of nitrogens with zero attached hydrogens (tertiary/aromatic N) is 4. The van der Waals surface area contributed by atoms with Crippen molar-refractivity contribution in [2.45, 2.75) is 5.37 Å². The number of halogens is 1. The Morgan fingerprint density at radius 1 is 1.00 bits per heavy atom. The van der Waals surface area contributed by atoms with Gasteiger partial charge >= 0.3 is 0 Å². The summed E-state index contributed by atoms with van der Waals surface area (Å²) >= 11 is 9.13. The molecule has 0 radical (unpaired) electrons. The van der Waals surface area contributed by atoms with Crippen LogP contribution in [0.15, 0.2) is 60.7 Å². The molecule has 0 N–H and O–H groups in total. The van der Waals surface area contributed by atoms with Crippen LogP contribution in [0.25, 0.3) is 32.4 Å². The fraction of sp³-hybridized carbons (Fsp3) is 0.0909. The summed E-state index contributed by atoms with van der Waals surface area (Å²) in [6.45, 7) is 0. The summed E-state index contributed by atoms with van der Waals surface area (Å²) in [5.74, 6) is 0.439. The van der Waals surface area contributed by atoms with Gasteiger partial charge in [-0.25, -0.2) is 4.98 Å². The molecule has 0 bridgehead atoms. The van der Waals surface area contributed by atoms with Crippen molar-refractivity contribution in [2.24, 2.45) is 0 Å². The molecule has 1 amide bonds. The SMILES string of the molecule is O=C1CSC(c2cccc3ccccc23)N1c1nnc2c3cc(Cl)ccc3nc-2s1. The van der Waals surface area contributed by atoms with Crippen molar-refractivity contribution in [1.82, 2.24) is 15.2 Å². The Bertz CT molecular complexity index is 1410. The van der Waals surface area contributed by atoms with Crippen molar-refractivity contribution in [2.75, 3.05) is 10.7 Å². The first-order valence-corrected chi connectivity index (χ1v) is 11.6. The molecule has 1 atom stereocenters. The van der Waals surface area contributed by atoms with Crippen LogP contribution in [0.3, 0.4) is 0 Å². The fourth-order valence-electron chi connectivity index (χ4n) is 3.86. The number of carbonyl (C=O) groups excluding carboxylic acids is 1. The smallest absolute Gasteiger partial charge is 0.240 e. The van der Waals surface area contributed by atoms with Crippen molar-refractivity contribution in [3.8, 4) is 10.7 Å². The molecular weight excluding hydrogens is 436 g/mol. The van der Waals surface area contributed by atoms with E-state index in [4.69, 9.17) is 11.6 Å². The van der Waals surface area contributed by atoms with Crippen LogP contribution in [0.1, 0.15) is 10.9 Å². The maximum absolute atomic E-state index is 12.9. The van der Waals surface area contributed by atoms with Gasteiger partial charge in [0.25, 0.3) is 0 Å². The number of aromatic nitrogens is 3.